The average Bonchev–Trinajstić information content (AvgIpc) is 2.86. The number of anilines is 3. The molecule has 4 N–H and O–H groups in total. The lowest BCUT2D eigenvalue weighted by Crippen LogP contribution is -2.09. The van der Waals surface area contributed by atoms with Gasteiger partial charge in [0, 0.05) is 36.0 Å². The number of nitrogens with two attached hydrogens (primary N) is 1. The summed E-state index contributed by atoms with van der Waals surface area (Å²) in [5.74, 6) is 2.03. The summed E-state index contributed by atoms with van der Waals surface area (Å²) in [7, 11) is 6.31. The maximum absolute atomic E-state index is 12.3. The fourth-order valence-electron chi connectivity index (χ4n) is 3.34. The second-order valence-electron chi connectivity index (χ2n) is 7.25. The van der Waals surface area contributed by atoms with Crippen LogP contribution in [0.25, 0.3) is 6.08 Å². The van der Waals surface area contributed by atoms with Crippen LogP contribution in [0.2, 0.25) is 0 Å². The van der Waals surface area contributed by atoms with E-state index in [0.717, 1.165) is 16.8 Å². The molecule has 178 valence electrons. The fourth-order valence-corrected chi connectivity index (χ4v) is 3.34. The lowest BCUT2D eigenvalue weighted by atomic mass is 10.1. The number of amides is 1. The van der Waals surface area contributed by atoms with Crippen molar-refractivity contribution in [3.63, 3.8) is 0 Å². The SMILES string of the molecule is COc1cc(CNc2cc(OC)c(OC)c(OC)c2)ccc1C=CC(=O)Nc1ccccc1N. The predicted octanol–water partition coefficient (Wildman–Crippen LogP) is 4.57. The first-order chi connectivity index (χ1) is 16.5. The van der Waals surface area contributed by atoms with Crippen LogP contribution in [0.15, 0.2) is 60.7 Å². The Morgan fingerprint density at radius 3 is 2.18 bits per heavy atom. The number of hydrogen-bond acceptors (Lipinski definition) is 7. The Morgan fingerprint density at radius 1 is 0.882 bits per heavy atom. The van der Waals surface area contributed by atoms with Crippen molar-refractivity contribution in [2.75, 3.05) is 44.8 Å². The van der Waals surface area contributed by atoms with Crippen LogP contribution in [0.3, 0.4) is 0 Å². The number of carbonyl (C=O) groups is 1. The van der Waals surface area contributed by atoms with Gasteiger partial charge in [-0.3, -0.25) is 4.79 Å². The third-order valence-corrected chi connectivity index (χ3v) is 5.09. The van der Waals surface area contributed by atoms with Crippen LogP contribution in [-0.2, 0) is 11.3 Å². The molecule has 0 heterocycles. The van der Waals surface area contributed by atoms with Gasteiger partial charge in [0.05, 0.1) is 39.8 Å². The van der Waals surface area contributed by atoms with Crippen molar-refractivity contribution < 1.29 is 23.7 Å². The standard InChI is InChI=1S/C26H29N3O5/c1-31-22-13-17(16-28-19-14-23(32-2)26(34-4)24(15-19)33-3)9-10-18(22)11-12-25(30)29-21-8-6-5-7-20(21)27/h5-15,28H,16,27H2,1-4H3,(H,29,30). The van der Waals surface area contributed by atoms with E-state index in [1.165, 1.54) is 6.08 Å². The molecular formula is C26H29N3O5. The molecule has 0 fully saturated rings. The zero-order valence-corrected chi connectivity index (χ0v) is 19.7. The van der Waals surface area contributed by atoms with Crippen LogP contribution in [0.5, 0.6) is 23.0 Å². The predicted molar refractivity (Wildman–Crippen MR) is 135 cm³/mol. The molecule has 0 atom stereocenters. The smallest absolute Gasteiger partial charge is 0.248 e. The zero-order valence-electron chi connectivity index (χ0n) is 19.7. The van der Waals surface area contributed by atoms with E-state index in [1.807, 2.05) is 42.5 Å². The van der Waals surface area contributed by atoms with E-state index < -0.39 is 0 Å². The van der Waals surface area contributed by atoms with E-state index >= 15 is 0 Å². The van der Waals surface area contributed by atoms with Gasteiger partial charge in [-0.2, -0.15) is 0 Å². The van der Waals surface area contributed by atoms with E-state index in [4.69, 9.17) is 24.7 Å². The van der Waals surface area contributed by atoms with E-state index in [2.05, 4.69) is 10.6 Å². The Bertz CT molecular complexity index is 1150. The van der Waals surface area contributed by atoms with Gasteiger partial charge >= 0.3 is 0 Å². The number of para-hydroxylation sites is 2. The van der Waals surface area contributed by atoms with Gasteiger partial charge < -0.3 is 35.3 Å². The first kappa shape index (κ1) is 24.3. The highest BCUT2D eigenvalue weighted by atomic mass is 16.5. The van der Waals surface area contributed by atoms with Gasteiger partial charge in [-0.15, -0.1) is 0 Å². The lowest BCUT2D eigenvalue weighted by Gasteiger charge is -2.15. The topological polar surface area (TPSA) is 104 Å². The zero-order chi connectivity index (χ0) is 24.5. The molecule has 0 bridgehead atoms. The van der Waals surface area contributed by atoms with Crippen molar-refractivity contribution in [2.24, 2.45) is 0 Å². The Morgan fingerprint density at radius 2 is 1.56 bits per heavy atom. The molecule has 8 nitrogen and oxygen atoms in total. The van der Waals surface area contributed by atoms with E-state index in [-0.39, 0.29) is 5.91 Å². The molecule has 8 heteroatoms. The number of benzene rings is 3. The summed E-state index contributed by atoms with van der Waals surface area (Å²) in [5, 5.41) is 6.11. The summed E-state index contributed by atoms with van der Waals surface area (Å²) in [6.07, 6.45) is 3.14. The van der Waals surface area contributed by atoms with Crippen LogP contribution < -0.4 is 35.3 Å². The van der Waals surface area contributed by atoms with E-state index in [9.17, 15) is 4.79 Å². The molecule has 0 unspecified atom stereocenters. The quantitative estimate of drug-likeness (QED) is 0.299. The molecule has 0 aliphatic carbocycles. The minimum atomic E-state index is -0.284. The number of hydrogen-bond donors (Lipinski definition) is 3. The number of nitrogen functional groups attached to an aromatic ring is 1. The summed E-state index contributed by atoms with van der Waals surface area (Å²) in [5.41, 5.74) is 9.52. The van der Waals surface area contributed by atoms with E-state index in [0.29, 0.717) is 40.9 Å². The largest absolute Gasteiger partial charge is 0.496 e. The molecule has 0 radical (unpaired) electrons. The first-order valence-electron chi connectivity index (χ1n) is 10.5. The van der Waals surface area contributed by atoms with Gasteiger partial charge in [-0.05, 0) is 29.8 Å². The molecular weight excluding hydrogens is 434 g/mol. The second kappa shape index (κ2) is 11.5. The minimum Gasteiger partial charge on any atom is -0.496 e. The number of nitrogens with one attached hydrogen (secondary N) is 2. The van der Waals surface area contributed by atoms with Crippen LogP contribution in [-0.4, -0.2) is 34.3 Å². The molecule has 0 spiro atoms. The average molecular weight is 464 g/mol. The molecule has 0 aliphatic rings. The van der Waals surface area contributed by atoms with Crippen LogP contribution in [0.1, 0.15) is 11.1 Å². The van der Waals surface area contributed by atoms with Crippen molar-refractivity contribution in [2.45, 2.75) is 6.54 Å². The molecule has 0 aliphatic heterocycles. The Balaban J connectivity index is 1.70. The molecule has 0 aromatic heterocycles. The van der Waals surface area contributed by atoms with Gasteiger partial charge in [-0.1, -0.05) is 24.3 Å². The number of ether oxygens (including phenoxy) is 4. The van der Waals surface area contributed by atoms with Crippen LogP contribution in [0, 0.1) is 0 Å². The second-order valence-corrected chi connectivity index (χ2v) is 7.25. The van der Waals surface area contributed by atoms with Gasteiger partial charge in [0.2, 0.25) is 11.7 Å². The molecule has 3 rings (SSSR count). The third-order valence-electron chi connectivity index (χ3n) is 5.09. The monoisotopic (exact) mass is 463 g/mol. The van der Waals surface area contributed by atoms with Gasteiger partial charge in [-0.25, -0.2) is 0 Å². The van der Waals surface area contributed by atoms with Crippen molar-refractivity contribution in [1.29, 1.82) is 0 Å². The van der Waals surface area contributed by atoms with Gasteiger partial charge in [0.25, 0.3) is 0 Å². The normalized spacial score (nSPS) is 10.6. The van der Waals surface area contributed by atoms with Crippen molar-refractivity contribution >= 4 is 29.0 Å². The van der Waals surface area contributed by atoms with E-state index in [1.54, 1.807) is 46.6 Å². The molecule has 34 heavy (non-hydrogen) atoms. The van der Waals surface area contributed by atoms with Crippen molar-refractivity contribution in [3.8, 4) is 23.0 Å². The summed E-state index contributed by atoms with van der Waals surface area (Å²) >= 11 is 0. The fraction of sp³-hybridized carbons (Fsp3) is 0.192. The van der Waals surface area contributed by atoms with Gasteiger partial charge in [0.1, 0.15) is 5.75 Å². The molecule has 1 amide bonds. The highest BCUT2D eigenvalue weighted by Gasteiger charge is 2.13. The number of carbonyl (C=O) groups excluding carboxylic acids is 1. The number of rotatable bonds is 10. The van der Waals surface area contributed by atoms with Crippen molar-refractivity contribution in [3.05, 3.63) is 71.8 Å². The molecule has 0 saturated carbocycles. The molecule has 0 saturated heterocycles. The maximum atomic E-state index is 12.3. The maximum Gasteiger partial charge on any atom is 0.248 e. The molecule has 3 aromatic carbocycles. The highest BCUT2D eigenvalue weighted by Crippen LogP contribution is 2.40. The Hall–Kier alpha value is -4.33. The number of methoxy groups -OCH3 is 4. The van der Waals surface area contributed by atoms with Crippen LogP contribution >= 0.6 is 0 Å². The Labute approximate surface area is 199 Å². The lowest BCUT2D eigenvalue weighted by molar-refractivity contribution is -0.111. The van der Waals surface area contributed by atoms with Gasteiger partial charge in [0.15, 0.2) is 11.5 Å². The summed E-state index contributed by atoms with van der Waals surface area (Å²) in [6.45, 7) is 0.534. The summed E-state index contributed by atoms with van der Waals surface area (Å²) in [6, 6.07) is 16.5. The van der Waals surface area contributed by atoms with Crippen LogP contribution in [0.4, 0.5) is 17.1 Å². The summed E-state index contributed by atoms with van der Waals surface area (Å²) in [4.78, 5) is 12.3. The molecule has 3 aromatic rings. The van der Waals surface area contributed by atoms with Crippen molar-refractivity contribution in [1.82, 2.24) is 0 Å². The highest BCUT2D eigenvalue weighted by molar-refractivity contribution is 6.03. The summed E-state index contributed by atoms with van der Waals surface area (Å²) < 4.78 is 21.7. The first-order valence-corrected chi connectivity index (χ1v) is 10.5. The Kier molecular flexibility index (Phi) is 8.23. The third kappa shape index (κ3) is 5.92. The minimum absolute atomic E-state index is 0.284.